The van der Waals surface area contributed by atoms with Crippen molar-refractivity contribution >= 4 is 17.9 Å². The Kier molecular flexibility index (Phi) is 7.42. The van der Waals surface area contributed by atoms with Crippen molar-refractivity contribution in [3.63, 3.8) is 0 Å². The Hall–Kier alpha value is -3.45. The van der Waals surface area contributed by atoms with Crippen LogP contribution in [-0.2, 0) is 9.53 Å². The lowest BCUT2D eigenvalue weighted by atomic mass is 10.0. The third-order valence-electron chi connectivity index (χ3n) is 7.05. The van der Waals surface area contributed by atoms with Gasteiger partial charge in [0.15, 0.2) is 0 Å². The molecule has 5 rings (SSSR count). The SMILES string of the molecule is CC(C)c1nc(-c2cccc(N3CCCCC3)c2)c(-c2ccc(F)cc2)n1C=C[C@@H]1C[C@@H](O)CC(=O)O1. The number of carbonyl (C=O) groups excluding carboxylic acids is 1. The van der Waals surface area contributed by atoms with Crippen LogP contribution < -0.4 is 4.90 Å². The molecule has 0 bridgehead atoms. The van der Waals surface area contributed by atoms with Gasteiger partial charge in [-0.3, -0.25) is 4.79 Å². The number of nitrogens with zero attached hydrogens (tertiary/aromatic N) is 3. The van der Waals surface area contributed by atoms with E-state index in [1.165, 1.54) is 37.1 Å². The first-order valence-corrected chi connectivity index (χ1v) is 13.2. The van der Waals surface area contributed by atoms with E-state index in [1.54, 1.807) is 18.2 Å². The molecule has 194 valence electrons. The molecule has 3 heterocycles. The van der Waals surface area contributed by atoms with Crippen LogP contribution in [0.2, 0.25) is 0 Å². The number of aromatic nitrogens is 2. The van der Waals surface area contributed by atoms with Crippen molar-refractivity contribution in [3.05, 3.63) is 66.2 Å². The van der Waals surface area contributed by atoms with E-state index >= 15 is 0 Å². The van der Waals surface area contributed by atoms with Crippen LogP contribution in [0.5, 0.6) is 0 Å². The number of imidazole rings is 1. The van der Waals surface area contributed by atoms with Crippen LogP contribution in [0.1, 0.15) is 57.7 Å². The average molecular weight is 504 g/mol. The lowest BCUT2D eigenvalue weighted by molar-refractivity contribution is -0.156. The molecule has 3 aromatic rings. The molecule has 2 atom stereocenters. The maximum atomic E-state index is 13.9. The number of ether oxygens (including phenoxy) is 1. The minimum Gasteiger partial charge on any atom is -0.458 e. The lowest BCUT2D eigenvalue weighted by Crippen LogP contribution is -2.31. The highest BCUT2D eigenvalue weighted by Gasteiger charge is 2.26. The summed E-state index contributed by atoms with van der Waals surface area (Å²) in [7, 11) is 0. The van der Waals surface area contributed by atoms with E-state index in [1.807, 2.05) is 10.8 Å². The maximum absolute atomic E-state index is 13.9. The van der Waals surface area contributed by atoms with Gasteiger partial charge < -0.3 is 19.3 Å². The van der Waals surface area contributed by atoms with Gasteiger partial charge in [0, 0.05) is 48.4 Å². The normalized spacial score (nSPS) is 20.6. The molecule has 0 saturated carbocycles. The molecule has 0 radical (unpaired) electrons. The number of esters is 1. The Morgan fingerprint density at radius 3 is 2.54 bits per heavy atom. The molecule has 1 aromatic heterocycles. The second kappa shape index (κ2) is 10.9. The van der Waals surface area contributed by atoms with Gasteiger partial charge in [-0.15, -0.1) is 0 Å². The number of halogens is 1. The van der Waals surface area contributed by atoms with Crippen LogP contribution in [0.3, 0.4) is 0 Å². The van der Waals surface area contributed by atoms with Crippen LogP contribution in [0.4, 0.5) is 10.1 Å². The fourth-order valence-corrected chi connectivity index (χ4v) is 5.20. The average Bonchev–Trinajstić information content (AvgIpc) is 3.28. The number of carbonyl (C=O) groups is 1. The molecule has 2 saturated heterocycles. The number of cyclic esters (lactones) is 1. The minimum atomic E-state index is -0.715. The second-order valence-corrected chi connectivity index (χ2v) is 10.3. The monoisotopic (exact) mass is 503 g/mol. The third kappa shape index (κ3) is 5.62. The van der Waals surface area contributed by atoms with Crippen molar-refractivity contribution in [2.24, 2.45) is 0 Å². The number of benzene rings is 2. The second-order valence-electron chi connectivity index (χ2n) is 10.3. The van der Waals surface area contributed by atoms with E-state index in [2.05, 4.69) is 43.0 Å². The van der Waals surface area contributed by atoms with Gasteiger partial charge in [-0.1, -0.05) is 26.0 Å². The number of rotatable bonds is 6. The van der Waals surface area contributed by atoms with Crippen molar-refractivity contribution in [2.75, 3.05) is 18.0 Å². The molecule has 2 aliphatic heterocycles. The smallest absolute Gasteiger partial charge is 0.309 e. The van der Waals surface area contributed by atoms with E-state index in [0.717, 1.165) is 41.4 Å². The summed E-state index contributed by atoms with van der Waals surface area (Å²) in [5.41, 5.74) is 4.68. The van der Waals surface area contributed by atoms with E-state index < -0.39 is 18.2 Å². The van der Waals surface area contributed by atoms with Gasteiger partial charge in [0.1, 0.15) is 17.7 Å². The summed E-state index contributed by atoms with van der Waals surface area (Å²) >= 11 is 0. The molecular weight excluding hydrogens is 469 g/mol. The Bertz CT molecular complexity index is 1280. The Balaban J connectivity index is 1.62. The van der Waals surface area contributed by atoms with Gasteiger partial charge in [0.25, 0.3) is 0 Å². The summed E-state index contributed by atoms with van der Waals surface area (Å²) in [5.74, 6) is 0.238. The van der Waals surface area contributed by atoms with Gasteiger partial charge >= 0.3 is 5.97 Å². The van der Waals surface area contributed by atoms with Crippen molar-refractivity contribution in [3.8, 4) is 22.5 Å². The van der Waals surface area contributed by atoms with E-state index in [0.29, 0.717) is 6.42 Å². The number of piperidine rings is 1. The van der Waals surface area contributed by atoms with Gasteiger partial charge in [-0.2, -0.15) is 0 Å². The van der Waals surface area contributed by atoms with E-state index in [4.69, 9.17) is 9.72 Å². The molecule has 7 heteroatoms. The summed E-state index contributed by atoms with van der Waals surface area (Å²) in [6, 6.07) is 14.9. The molecule has 6 nitrogen and oxygen atoms in total. The van der Waals surface area contributed by atoms with Crippen LogP contribution in [0.25, 0.3) is 28.7 Å². The number of aliphatic hydroxyl groups excluding tert-OH is 1. The standard InChI is InChI=1S/C30H34FN3O3/c1-20(2)30-32-28(22-7-6-8-24(17-22)33-14-4-3-5-15-33)29(21-9-11-23(31)12-10-21)34(30)16-13-26-18-25(35)19-27(36)37-26/h6-13,16-17,20,25-26,35H,3-5,14-15,18-19H2,1-2H3/t25-,26-/m1/s1. The van der Waals surface area contributed by atoms with Crippen LogP contribution in [-0.4, -0.2) is 45.9 Å². The Labute approximate surface area is 217 Å². The lowest BCUT2D eigenvalue weighted by Gasteiger charge is -2.29. The first-order chi connectivity index (χ1) is 17.9. The zero-order valence-electron chi connectivity index (χ0n) is 21.4. The van der Waals surface area contributed by atoms with Crippen LogP contribution >= 0.6 is 0 Å². The Morgan fingerprint density at radius 1 is 1.08 bits per heavy atom. The molecule has 1 N–H and O–H groups in total. The topological polar surface area (TPSA) is 67.6 Å². The molecule has 0 amide bonds. The van der Waals surface area contributed by atoms with Crippen molar-refractivity contribution in [2.45, 2.75) is 64.1 Å². The molecule has 37 heavy (non-hydrogen) atoms. The first kappa shape index (κ1) is 25.2. The van der Waals surface area contributed by atoms with Gasteiger partial charge in [0.05, 0.1) is 23.9 Å². The van der Waals surface area contributed by atoms with Gasteiger partial charge in [-0.25, -0.2) is 9.37 Å². The minimum absolute atomic E-state index is 0.0188. The van der Waals surface area contributed by atoms with Gasteiger partial charge in [-0.05, 0) is 61.7 Å². The third-order valence-corrected chi connectivity index (χ3v) is 7.05. The van der Waals surface area contributed by atoms with Crippen LogP contribution in [0, 0.1) is 5.82 Å². The number of hydrogen-bond acceptors (Lipinski definition) is 5. The Morgan fingerprint density at radius 2 is 1.84 bits per heavy atom. The summed E-state index contributed by atoms with van der Waals surface area (Å²) < 4.78 is 21.3. The fraction of sp³-hybridized carbons (Fsp3) is 0.400. The number of anilines is 1. The number of aliphatic hydroxyl groups is 1. The zero-order chi connectivity index (χ0) is 25.9. The maximum Gasteiger partial charge on any atom is 0.309 e. The number of hydrogen-bond donors (Lipinski definition) is 1. The highest BCUT2D eigenvalue weighted by molar-refractivity contribution is 5.82. The molecule has 0 aliphatic carbocycles. The predicted octanol–water partition coefficient (Wildman–Crippen LogP) is 6.01. The zero-order valence-corrected chi connectivity index (χ0v) is 21.4. The van der Waals surface area contributed by atoms with Crippen molar-refractivity contribution in [1.82, 2.24) is 9.55 Å². The predicted molar refractivity (Wildman–Crippen MR) is 144 cm³/mol. The van der Waals surface area contributed by atoms with E-state index in [9.17, 15) is 14.3 Å². The first-order valence-electron chi connectivity index (χ1n) is 13.2. The summed E-state index contributed by atoms with van der Waals surface area (Å²) in [6.45, 7) is 6.27. The van der Waals surface area contributed by atoms with E-state index in [-0.39, 0.29) is 18.2 Å². The van der Waals surface area contributed by atoms with Crippen LogP contribution in [0.15, 0.2) is 54.6 Å². The largest absolute Gasteiger partial charge is 0.458 e. The molecule has 0 spiro atoms. The van der Waals surface area contributed by atoms with Crippen molar-refractivity contribution < 1.29 is 19.0 Å². The summed E-state index contributed by atoms with van der Waals surface area (Å²) in [4.78, 5) is 19.4. The molecular formula is C30H34FN3O3. The quantitative estimate of drug-likeness (QED) is 0.418. The fourth-order valence-electron chi connectivity index (χ4n) is 5.20. The highest BCUT2D eigenvalue weighted by Crippen LogP contribution is 2.37. The summed E-state index contributed by atoms with van der Waals surface area (Å²) in [5, 5.41) is 10.0. The molecule has 2 fully saturated rings. The van der Waals surface area contributed by atoms with Gasteiger partial charge in [0.2, 0.25) is 0 Å². The summed E-state index contributed by atoms with van der Waals surface area (Å²) in [6.07, 6.45) is 6.47. The molecule has 0 unspecified atom stereocenters. The molecule has 2 aromatic carbocycles. The highest BCUT2D eigenvalue weighted by atomic mass is 19.1. The van der Waals surface area contributed by atoms with Crippen molar-refractivity contribution in [1.29, 1.82) is 0 Å². The molecule has 2 aliphatic rings.